The van der Waals surface area contributed by atoms with Gasteiger partial charge in [-0.1, -0.05) is 0 Å². The Kier molecular flexibility index (Phi) is 3.29. The highest BCUT2D eigenvalue weighted by Crippen LogP contribution is 2.25. The lowest BCUT2D eigenvalue weighted by atomic mass is 10.2. The van der Waals surface area contributed by atoms with Crippen LogP contribution in [0.4, 0.5) is 11.4 Å². The van der Waals surface area contributed by atoms with Gasteiger partial charge < -0.3 is 5.11 Å². The number of phenolic OH excluding ortho intramolecular Hbond substituents is 1. The van der Waals surface area contributed by atoms with E-state index >= 15 is 0 Å². The minimum atomic E-state index is -0.642. The molecular weight excluding hydrogens is 234 g/mol. The second-order valence-corrected chi connectivity index (χ2v) is 3.47. The van der Waals surface area contributed by atoms with Crippen LogP contribution in [0.5, 0.6) is 5.75 Å². The van der Waals surface area contributed by atoms with Crippen LogP contribution in [0.15, 0.2) is 47.7 Å². The fourth-order valence-corrected chi connectivity index (χ4v) is 1.35. The average Bonchev–Trinajstić information content (AvgIpc) is 2.38. The van der Waals surface area contributed by atoms with Crippen molar-refractivity contribution < 1.29 is 10.0 Å². The lowest BCUT2D eigenvalue weighted by Gasteiger charge is -1.97. The van der Waals surface area contributed by atoms with Gasteiger partial charge >= 0.3 is 5.69 Å². The summed E-state index contributed by atoms with van der Waals surface area (Å²) in [5.74, 6) is -0.362. The molecule has 1 aromatic heterocycles. The number of hydrogen-bond acceptors (Lipinski definition) is 5. The van der Waals surface area contributed by atoms with Gasteiger partial charge in [-0.05, 0) is 29.8 Å². The predicted octanol–water partition coefficient (Wildman–Crippen LogP) is 2.45. The van der Waals surface area contributed by atoms with Gasteiger partial charge in [0, 0.05) is 18.5 Å². The summed E-state index contributed by atoms with van der Waals surface area (Å²) in [5.41, 5.74) is 0.835. The maximum Gasteiger partial charge on any atom is 0.311 e. The topological polar surface area (TPSA) is 88.6 Å². The van der Waals surface area contributed by atoms with Crippen molar-refractivity contribution in [3.63, 3.8) is 0 Å². The first-order valence-electron chi connectivity index (χ1n) is 5.08. The molecule has 0 fully saturated rings. The SMILES string of the molecule is O=[N+]([O-])c1cc(C=Nc2cccnc2)ccc1O. The fourth-order valence-electron chi connectivity index (χ4n) is 1.35. The van der Waals surface area contributed by atoms with E-state index in [0.717, 1.165) is 0 Å². The van der Waals surface area contributed by atoms with Gasteiger partial charge in [0.05, 0.1) is 16.8 Å². The van der Waals surface area contributed by atoms with Gasteiger partial charge in [0.25, 0.3) is 0 Å². The third-order valence-corrected chi connectivity index (χ3v) is 2.20. The van der Waals surface area contributed by atoms with Crippen LogP contribution < -0.4 is 0 Å². The molecule has 0 aliphatic heterocycles. The molecule has 0 atom stereocenters. The number of rotatable bonds is 3. The van der Waals surface area contributed by atoms with Crippen LogP contribution in [0.25, 0.3) is 0 Å². The molecular formula is C12H9N3O3. The molecule has 2 rings (SSSR count). The Balaban J connectivity index is 2.28. The highest BCUT2D eigenvalue weighted by atomic mass is 16.6. The highest BCUT2D eigenvalue weighted by Gasteiger charge is 2.12. The number of nitro groups is 1. The van der Waals surface area contributed by atoms with E-state index in [0.29, 0.717) is 11.3 Å². The molecule has 18 heavy (non-hydrogen) atoms. The van der Waals surface area contributed by atoms with Gasteiger partial charge in [0.15, 0.2) is 5.75 Å². The summed E-state index contributed by atoms with van der Waals surface area (Å²) in [6, 6.07) is 7.57. The van der Waals surface area contributed by atoms with Crippen molar-refractivity contribution in [3.8, 4) is 5.75 Å². The normalized spacial score (nSPS) is 10.7. The summed E-state index contributed by atoms with van der Waals surface area (Å²) in [6.45, 7) is 0. The first kappa shape index (κ1) is 11.7. The molecule has 1 aromatic carbocycles. The molecule has 6 heteroatoms. The van der Waals surface area contributed by atoms with E-state index in [4.69, 9.17) is 0 Å². The zero-order valence-corrected chi connectivity index (χ0v) is 9.22. The summed E-state index contributed by atoms with van der Waals surface area (Å²) >= 11 is 0. The molecule has 1 N–H and O–H groups in total. The number of hydrogen-bond donors (Lipinski definition) is 1. The van der Waals surface area contributed by atoms with Crippen molar-refractivity contribution in [2.75, 3.05) is 0 Å². The third kappa shape index (κ3) is 2.67. The molecule has 0 spiro atoms. The minimum Gasteiger partial charge on any atom is -0.502 e. The van der Waals surface area contributed by atoms with Crippen molar-refractivity contribution in [2.24, 2.45) is 4.99 Å². The van der Waals surface area contributed by atoms with E-state index in [1.165, 1.54) is 18.3 Å². The molecule has 0 aliphatic carbocycles. The zero-order chi connectivity index (χ0) is 13.0. The van der Waals surface area contributed by atoms with Crippen LogP contribution in [0.3, 0.4) is 0 Å². The molecule has 0 amide bonds. The number of nitro benzene ring substituents is 1. The van der Waals surface area contributed by atoms with E-state index < -0.39 is 4.92 Å². The molecule has 0 aliphatic rings. The van der Waals surface area contributed by atoms with Crippen molar-refractivity contribution in [2.45, 2.75) is 0 Å². The molecule has 90 valence electrons. The van der Waals surface area contributed by atoms with Crippen molar-refractivity contribution in [3.05, 3.63) is 58.4 Å². The smallest absolute Gasteiger partial charge is 0.311 e. The van der Waals surface area contributed by atoms with Crippen molar-refractivity contribution >= 4 is 17.6 Å². The first-order valence-corrected chi connectivity index (χ1v) is 5.08. The number of aromatic hydroxyl groups is 1. The number of phenols is 1. The summed E-state index contributed by atoms with van der Waals surface area (Å²) in [6.07, 6.45) is 4.68. The number of aromatic nitrogens is 1. The zero-order valence-electron chi connectivity index (χ0n) is 9.22. The Morgan fingerprint density at radius 1 is 1.39 bits per heavy atom. The monoisotopic (exact) mass is 243 g/mol. The summed E-state index contributed by atoms with van der Waals surface area (Å²) in [7, 11) is 0. The van der Waals surface area contributed by atoms with E-state index in [-0.39, 0.29) is 11.4 Å². The lowest BCUT2D eigenvalue weighted by molar-refractivity contribution is -0.385. The third-order valence-electron chi connectivity index (χ3n) is 2.20. The highest BCUT2D eigenvalue weighted by molar-refractivity contribution is 5.83. The van der Waals surface area contributed by atoms with Gasteiger partial charge in [-0.15, -0.1) is 0 Å². The van der Waals surface area contributed by atoms with Crippen molar-refractivity contribution in [1.29, 1.82) is 0 Å². The second kappa shape index (κ2) is 5.05. The lowest BCUT2D eigenvalue weighted by Crippen LogP contribution is -1.90. The molecule has 6 nitrogen and oxygen atoms in total. The standard InChI is InChI=1S/C12H9N3O3/c16-12-4-3-9(6-11(12)15(17)18)7-14-10-2-1-5-13-8-10/h1-8,16H. The number of benzene rings is 1. The average molecular weight is 243 g/mol. The van der Waals surface area contributed by atoms with Gasteiger partial charge in [-0.2, -0.15) is 0 Å². The van der Waals surface area contributed by atoms with Crippen LogP contribution >= 0.6 is 0 Å². The van der Waals surface area contributed by atoms with Crippen LogP contribution in [0.1, 0.15) is 5.56 Å². The Labute approximate surface area is 102 Å². The Morgan fingerprint density at radius 2 is 2.22 bits per heavy atom. The summed E-state index contributed by atoms with van der Waals surface area (Å²) < 4.78 is 0. The summed E-state index contributed by atoms with van der Waals surface area (Å²) in [4.78, 5) is 18.0. The molecule has 0 bridgehead atoms. The number of aliphatic imine (C=N–C) groups is 1. The second-order valence-electron chi connectivity index (χ2n) is 3.47. The Bertz CT molecular complexity index is 597. The van der Waals surface area contributed by atoms with Gasteiger partial charge in [-0.3, -0.25) is 20.1 Å². The van der Waals surface area contributed by atoms with Gasteiger partial charge in [-0.25, -0.2) is 0 Å². The largest absolute Gasteiger partial charge is 0.502 e. The minimum absolute atomic E-state index is 0.342. The maximum atomic E-state index is 10.6. The van der Waals surface area contributed by atoms with Crippen LogP contribution in [-0.4, -0.2) is 21.2 Å². The first-order chi connectivity index (χ1) is 8.66. The Morgan fingerprint density at radius 3 is 2.89 bits per heavy atom. The van der Waals surface area contributed by atoms with Crippen LogP contribution in [0, 0.1) is 10.1 Å². The predicted molar refractivity (Wildman–Crippen MR) is 66.3 cm³/mol. The molecule has 1 heterocycles. The summed E-state index contributed by atoms with van der Waals surface area (Å²) in [5, 5.41) is 19.9. The van der Waals surface area contributed by atoms with Crippen LogP contribution in [0.2, 0.25) is 0 Å². The van der Waals surface area contributed by atoms with E-state index in [1.54, 1.807) is 30.6 Å². The van der Waals surface area contributed by atoms with Crippen molar-refractivity contribution in [1.82, 2.24) is 4.98 Å². The van der Waals surface area contributed by atoms with Crippen LogP contribution in [-0.2, 0) is 0 Å². The number of nitrogens with zero attached hydrogens (tertiary/aromatic N) is 3. The van der Waals surface area contributed by atoms with E-state index in [1.807, 2.05) is 0 Å². The van der Waals surface area contributed by atoms with E-state index in [9.17, 15) is 15.2 Å². The maximum absolute atomic E-state index is 10.6. The fraction of sp³-hybridized carbons (Fsp3) is 0. The quantitative estimate of drug-likeness (QED) is 0.509. The Hall–Kier alpha value is -2.76. The van der Waals surface area contributed by atoms with Gasteiger partial charge in [0.1, 0.15) is 0 Å². The molecule has 0 unspecified atom stereocenters. The van der Waals surface area contributed by atoms with Gasteiger partial charge in [0.2, 0.25) is 0 Å². The number of pyridine rings is 1. The molecule has 0 saturated heterocycles. The molecule has 0 radical (unpaired) electrons. The molecule has 2 aromatic rings. The van der Waals surface area contributed by atoms with E-state index in [2.05, 4.69) is 9.98 Å². The molecule has 0 saturated carbocycles.